The molecule has 0 N–H and O–H groups in total. The van der Waals surface area contributed by atoms with Crippen molar-refractivity contribution in [1.82, 2.24) is 19.7 Å². The predicted molar refractivity (Wildman–Crippen MR) is 126 cm³/mol. The lowest BCUT2D eigenvalue weighted by Gasteiger charge is -2.42. The Hall–Kier alpha value is -0.970. The Kier molecular flexibility index (Phi) is 8.59. The van der Waals surface area contributed by atoms with E-state index in [4.69, 9.17) is 0 Å². The fourth-order valence-electron chi connectivity index (χ4n) is 6.11. The van der Waals surface area contributed by atoms with E-state index in [0.29, 0.717) is 0 Å². The highest BCUT2D eigenvalue weighted by Crippen LogP contribution is 2.29. The van der Waals surface area contributed by atoms with Crippen LogP contribution in [0.25, 0.3) is 0 Å². The first-order valence-corrected chi connectivity index (χ1v) is 12.8. The van der Waals surface area contributed by atoms with E-state index < -0.39 is 0 Å². The average molecular weight is 413 g/mol. The summed E-state index contributed by atoms with van der Waals surface area (Å²) in [5, 5.41) is 0. The Balaban J connectivity index is 1.24. The zero-order chi connectivity index (χ0) is 20.6. The summed E-state index contributed by atoms with van der Waals surface area (Å²) in [5.41, 5.74) is 1.43. The molecular formula is C26H44N4. The first-order valence-electron chi connectivity index (χ1n) is 12.8. The highest BCUT2D eigenvalue weighted by Gasteiger charge is 2.28. The normalized spacial score (nSPS) is 23.5. The lowest BCUT2D eigenvalue weighted by atomic mass is 9.92. The molecule has 3 aliphatic rings. The monoisotopic (exact) mass is 412 g/mol. The molecule has 1 saturated carbocycles. The van der Waals surface area contributed by atoms with Crippen molar-refractivity contribution in [2.45, 2.75) is 76.8 Å². The molecule has 1 aromatic rings. The zero-order valence-corrected chi connectivity index (χ0v) is 19.4. The van der Waals surface area contributed by atoms with Crippen molar-refractivity contribution in [3.63, 3.8) is 0 Å². The molecule has 1 aromatic heterocycles. The number of piperidine rings is 2. The number of hydrogen-bond acceptors (Lipinski definition) is 4. The van der Waals surface area contributed by atoms with Crippen LogP contribution >= 0.6 is 0 Å². The number of likely N-dealkylation sites (tertiary alicyclic amines) is 2. The van der Waals surface area contributed by atoms with E-state index in [1.807, 2.05) is 12.4 Å². The van der Waals surface area contributed by atoms with E-state index in [0.717, 1.165) is 24.4 Å². The molecule has 1 aliphatic carbocycles. The minimum absolute atomic E-state index is 0.849. The van der Waals surface area contributed by atoms with E-state index in [9.17, 15) is 0 Å². The van der Waals surface area contributed by atoms with Crippen molar-refractivity contribution in [3.8, 4) is 0 Å². The molecule has 0 radical (unpaired) electrons. The summed E-state index contributed by atoms with van der Waals surface area (Å²) < 4.78 is 0. The van der Waals surface area contributed by atoms with Crippen molar-refractivity contribution in [2.24, 2.45) is 11.8 Å². The SMILES string of the molecule is CN1CCC(N2CCC(CN(CCCC3CCCC3)Cc3ccncc3)CC2)CC1. The largest absolute Gasteiger partial charge is 0.306 e. The maximum atomic E-state index is 4.21. The van der Waals surface area contributed by atoms with Crippen LogP contribution in [-0.2, 0) is 6.54 Å². The van der Waals surface area contributed by atoms with Gasteiger partial charge in [-0.3, -0.25) is 9.88 Å². The van der Waals surface area contributed by atoms with Crippen LogP contribution in [0.1, 0.15) is 69.8 Å². The van der Waals surface area contributed by atoms with E-state index in [-0.39, 0.29) is 0 Å². The Morgan fingerprint density at radius 3 is 2.30 bits per heavy atom. The first-order chi connectivity index (χ1) is 14.8. The van der Waals surface area contributed by atoms with Gasteiger partial charge in [-0.05, 0) is 108 Å². The molecule has 30 heavy (non-hydrogen) atoms. The van der Waals surface area contributed by atoms with Crippen LogP contribution in [0.15, 0.2) is 24.5 Å². The second-order valence-electron chi connectivity index (χ2n) is 10.4. The van der Waals surface area contributed by atoms with Crippen molar-refractivity contribution in [1.29, 1.82) is 0 Å². The Morgan fingerprint density at radius 1 is 0.900 bits per heavy atom. The van der Waals surface area contributed by atoms with Gasteiger partial charge in [-0.15, -0.1) is 0 Å². The molecule has 2 saturated heterocycles. The number of pyridine rings is 1. The highest BCUT2D eigenvalue weighted by atomic mass is 15.2. The Morgan fingerprint density at radius 2 is 1.60 bits per heavy atom. The van der Waals surface area contributed by atoms with Gasteiger partial charge in [-0.1, -0.05) is 25.7 Å². The van der Waals surface area contributed by atoms with Gasteiger partial charge in [-0.25, -0.2) is 0 Å². The predicted octanol–water partition coefficient (Wildman–Crippen LogP) is 4.66. The number of aromatic nitrogens is 1. The minimum Gasteiger partial charge on any atom is -0.306 e. The molecule has 0 spiro atoms. The van der Waals surface area contributed by atoms with Gasteiger partial charge in [0.25, 0.3) is 0 Å². The van der Waals surface area contributed by atoms with Gasteiger partial charge < -0.3 is 9.80 Å². The fourth-order valence-corrected chi connectivity index (χ4v) is 6.11. The molecule has 168 valence electrons. The summed E-state index contributed by atoms with van der Waals surface area (Å²) in [5.74, 6) is 1.89. The smallest absolute Gasteiger partial charge is 0.0271 e. The molecule has 0 unspecified atom stereocenters. The van der Waals surface area contributed by atoms with Crippen LogP contribution in [0.3, 0.4) is 0 Å². The summed E-state index contributed by atoms with van der Waals surface area (Å²) in [7, 11) is 2.27. The molecule has 0 amide bonds. The molecule has 3 fully saturated rings. The second kappa shape index (κ2) is 11.6. The van der Waals surface area contributed by atoms with Crippen molar-refractivity contribution < 1.29 is 0 Å². The third kappa shape index (κ3) is 6.77. The molecule has 4 nitrogen and oxygen atoms in total. The van der Waals surface area contributed by atoms with Crippen molar-refractivity contribution >= 4 is 0 Å². The maximum absolute atomic E-state index is 4.21. The lowest BCUT2D eigenvalue weighted by molar-refractivity contribution is 0.0734. The van der Waals surface area contributed by atoms with E-state index >= 15 is 0 Å². The molecular weight excluding hydrogens is 368 g/mol. The topological polar surface area (TPSA) is 22.6 Å². The summed E-state index contributed by atoms with van der Waals surface area (Å²) in [6.07, 6.45) is 18.2. The van der Waals surface area contributed by atoms with Gasteiger partial charge in [0.15, 0.2) is 0 Å². The van der Waals surface area contributed by atoms with Gasteiger partial charge in [0.1, 0.15) is 0 Å². The van der Waals surface area contributed by atoms with Crippen molar-refractivity contribution in [2.75, 3.05) is 46.3 Å². The van der Waals surface area contributed by atoms with Crippen LogP contribution in [0.5, 0.6) is 0 Å². The van der Waals surface area contributed by atoms with Crippen LogP contribution in [0.2, 0.25) is 0 Å². The molecule has 0 aromatic carbocycles. The maximum Gasteiger partial charge on any atom is 0.0271 e. The standard InChI is InChI=1S/C26H44N4/c1-28-17-12-26(13-18-28)30-19-10-25(11-20-30)22-29(21-24-8-14-27-15-9-24)16-4-7-23-5-2-3-6-23/h8-9,14-15,23,25-26H,2-7,10-13,16-22H2,1H3. The highest BCUT2D eigenvalue weighted by molar-refractivity contribution is 5.09. The molecule has 0 atom stereocenters. The van der Waals surface area contributed by atoms with Crippen LogP contribution in [0, 0.1) is 11.8 Å². The Bertz CT molecular complexity index is 584. The Labute approximate surface area is 185 Å². The number of rotatable bonds is 9. The summed E-state index contributed by atoms with van der Waals surface area (Å²) >= 11 is 0. The fraction of sp³-hybridized carbons (Fsp3) is 0.808. The zero-order valence-electron chi connectivity index (χ0n) is 19.4. The van der Waals surface area contributed by atoms with Gasteiger partial charge in [0, 0.05) is 31.5 Å². The third-order valence-corrected chi connectivity index (χ3v) is 8.09. The van der Waals surface area contributed by atoms with Gasteiger partial charge in [0.2, 0.25) is 0 Å². The quantitative estimate of drug-likeness (QED) is 0.588. The molecule has 3 heterocycles. The van der Waals surface area contributed by atoms with Crippen LogP contribution < -0.4 is 0 Å². The van der Waals surface area contributed by atoms with Gasteiger partial charge >= 0.3 is 0 Å². The number of hydrogen-bond donors (Lipinski definition) is 0. The second-order valence-corrected chi connectivity index (χ2v) is 10.4. The lowest BCUT2D eigenvalue weighted by Crippen LogP contribution is -2.48. The van der Waals surface area contributed by atoms with E-state index in [1.165, 1.54) is 109 Å². The summed E-state index contributed by atoms with van der Waals surface area (Å²) in [4.78, 5) is 12.3. The molecule has 2 aliphatic heterocycles. The van der Waals surface area contributed by atoms with Crippen molar-refractivity contribution in [3.05, 3.63) is 30.1 Å². The van der Waals surface area contributed by atoms with Gasteiger partial charge in [-0.2, -0.15) is 0 Å². The number of nitrogens with zero attached hydrogens (tertiary/aromatic N) is 4. The van der Waals surface area contributed by atoms with E-state index in [1.54, 1.807) is 0 Å². The van der Waals surface area contributed by atoms with Crippen LogP contribution in [-0.4, -0.2) is 72.0 Å². The molecule has 0 bridgehead atoms. The summed E-state index contributed by atoms with van der Waals surface area (Å²) in [6, 6.07) is 5.25. The van der Waals surface area contributed by atoms with Gasteiger partial charge in [0.05, 0.1) is 0 Å². The minimum atomic E-state index is 0.849. The molecule has 4 heteroatoms. The van der Waals surface area contributed by atoms with Crippen LogP contribution in [0.4, 0.5) is 0 Å². The average Bonchev–Trinajstić information content (AvgIpc) is 3.29. The summed E-state index contributed by atoms with van der Waals surface area (Å²) in [6.45, 7) is 8.87. The third-order valence-electron chi connectivity index (χ3n) is 8.09. The van der Waals surface area contributed by atoms with E-state index in [2.05, 4.69) is 38.9 Å². The first kappa shape index (κ1) is 22.2. The molecule has 4 rings (SSSR count).